The zero-order valence-corrected chi connectivity index (χ0v) is 18.7. The lowest BCUT2D eigenvalue weighted by molar-refractivity contribution is 0.308. The molecule has 1 radical (unpaired) electrons. The quantitative estimate of drug-likeness (QED) is 0.306. The van der Waals surface area contributed by atoms with E-state index in [2.05, 4.69) is 49.4 Å². The molecule has 0 aliphatic carbocycles. The fraction of sp³-hybridized carbons (Fsp3) is 0.172. The molecule has 0 fully saturated rings. The summed E-state index contributed by atoms with van der Waals surface area (Å²) >= 11 is 0. The fourth-order valence-corrected chi connectivity index (χ4v) is 3.78. The van der Waals surface area contributed by atoms with E-state index in [4.69, 9.17) is 14.2 Å². The summed E-state index contributed by atoms with van der Waals surface area (Å²) < 4.78 is 17.2. The average molecular weight is 424 g/mol. The van der Waals surface area contributed by atoms with Gasteiger partial charge < -0.3 is 14.2 Å². The van der Waals surface area contributed by atoms with Gasteiger partial charge in [0.25, 0.3) is 0 Å². The van der Waals surface area contributed by atoms with Gasteiger partial charge in [0.1, 0.15) is 23.9 Å². The van der Waals surface area contributed by atoms with Gasteiger partial charge in [-0.3, -0.25) is 0 Å². The normalized spacial score (nSPS) is 10.6. The monoisotopic (exact) mass is 423 g/mol. The molecule has 3 nitrogen and oxygen atoms in total. The molecule has 0 amide bonds. The highest BCUT2D eigenvalue weighted by molar-refractivity contribution is 5.84. The highest BCUT2D eigenvalue weighted by atomic mass is 16.5. The van der Waals surface area contributed by atoms with E-state index in [1.54, 1.807) is 14.2 Å². The Morgan fingerprint density at radius 2 is 1.31 bits per heavy atom. The predicted molar refractivity (Wildman–Crippen MR) is 129 cm³/mol. The van der Waals surface area contributed by atoms with Gasteiger partial charge in [-0.2, -0.15) is 0 Å². The fourth-order valence-electron chi connectivity index (χ4n) is 3.78. The predicted octanol–water partition coefficient (Wildman–Crippen LogP) is 6.98. The Bertz CT molecular complexity index is 1150. The topological polar surface area (TPSA) is 27.7 Å². The minimum Gasteiger partial charge on any atom is -0.497 e. The molecule has 0 atom stereocenters. The minimum absolute atomic E-state index is 0.486. The molecule has 0 spiro atoms. The summed E-state index contributed by atoms with van der Waals surface area (Å²) in [4.78, 5) is 0. The van der Waals surface area contributed by atoms with Gasteiger partial charge in [0.05, 0.1) is 14.2 Å². The number of methoxy groups -OCH3 is 2. The smallest absolute Gasteiger partial charge is 0.135 e. The summed E-state index contributed by atoms with van der Waals surface area (Å²) in [5.41, 5.74) is 6.46. The van der Waals surface area contributed by atoms with Crippen molar-refractivity contribution in [1.82, 2.24) is 0 Å². The van der Waals surface area contributed by atoms with Crippen LogP contribution < -0.4 is 14.2 Å². The Balaban J connectivity index is 1.86. The maximum Gasteiger partial charge on any atom is 0.135 e. The SMILES string of the molecule is CCc1[c]cc(-c2ccc(OC)cc2)c(OCc2ccccc2)c1-c1ccc(OC)cc1. The van der Waals surface area contributed by atoms with E-state index >= 15 is 0 Å². The van der Waals surface area contributed by atoms with Crippen molar-refractivity contribution in [3.63, 3.8) is 0 Å². The molecular formula is C29H27O3. The summed E-state index contributed by atoms with van der Waals surface area (Å²) in [5, 5.41) is 0. The lowest BCUT2D eigenvalue weighted by Crippen LogP contribution is -2.02. The van der Waals surface area contributed by atoms with Gasteiger partial charge in [0.2, 0.25) is 0 Å². The van der Waals surface area contributed by atoms with Gasteiger partial charge in [-0.05, 0) is 65.1 Å². The van der Waals surface area contributed by atoms with Crippen molar-refractivity contribution in [2.24, 2.45) is 0 Å². The van der Waals surface area contributed by atoms with Crippen LogP contribution in [0.2, 0.25) is 0 Å². The summed E-state index contributed by atoms with van der Waals surface area (Å²) in [7, 11) is 3.36. The standard InChI is InChI=1S/C29H27O3/c1-4-22-14-19-27(23-10-15-25(30-2)16-11-23)29(32-20-21-8-6-5-7-9-21)28(22)24-12-17-26(31-3)18-13-24/h5-13,15-19H,4,20H2,1-3H3. The zero-order valence-electron chi connectivity index (χ0n) is 18.7. The summed E-state index contributed by atoms with van der Waals surface area (Å²) in [6.07, 6.45) is 0.853. The molecule has 0 aliphatic rings. The third kappa shape index (κ3) is 4.62. The molecule has 3 heteroatoms. The second-order valence-electron chi connectivity index (χ2n) is 7.47. The molecular weight excluding hydrogens is 396 g/mol. The summed E-state index contributed by atoms with van der Waals surface area (Å²) in [6, 6.07) is 31.9. The Labute approximate surface area is 190 Å². The van der Waals surface area contributed by atoms with E-state index in [0.717, 1.165) is 57.1 Å². The van der Waals surface area contributed by atoms with E-state index in [1.165, 1.54) is 0 Å². The third-order valence-electron chi connectivity index (χ3n) is 5.52. The van der Waals surface area contributed by atoms with Gasteiger partial charge in [0.15, 0.2) is 0 Å². The van der Waals surface area contributed by atoms with Crippen molar-refractivity contribution in [2.75, 3.05) is 14.2 Å². The summed E-state index contributed by atoms with van der Waals surface area (Å²) in [6.45, 7) is 2.63. The Morgan fingerprint density at radius 1 is 0.719 bits per heavy atom. The molecule has 0 heterocycles. The number of aryl methyl sites for hydroxylation is 1. The van der Waals surface area contributed by atoms with Crippen LogP contribution in [0.15, 0.2) is 84.9 Å². The van der Waals surface area contributed by atoms with Crippen LogP contribution in [0.25, 0.3) is 22.3 Å². The molecule has 0 aliphatic heterocycles. The first-order chi connectivity index (χ1) is 15.7. The first-order valence-electron chi connectivity index (χ1n) is 10.8. The molecule has 0 aromatic heterocycles. The molecule has 161 valence electrons. The van der Waals surface area contributed by atoms with Gasteiger partial charge in [-0.1, -0.05) is 61.5 Å². The van der Waals surface area contributed by atoms with Crippen LogP contribution in [0.5, 0.6) is 17.2 Å². The molecule has 4 aromatic carbocycles. The van der Waals surface area contributed by atoms with Gasteiger partial charge >= 0.3 is 0 Å². The molecule has 0 unspecified atom stereocenters. The lowest BCUT2D eigenvalue weighted by atomic mass is 9.91. The molecule has 4 rings (SSSR count). The number of rotatable bonds is 8. The van der Waals surface area contributed by atoms with Crippen molar-refractivity contribution >= 4 is 0 Å². The van der Waals surface area contributed by atoms with Crippen molar-refractivity contribution < 1.29 is 14.2 Å². The van der Waals surface area contributed by atoms with Crippen LogP contribution in [-0.2, 0) is 13.0 Å². The molecule has 0 saturated carbocycles. The second kappa shape index (κ2) is 10.1. The number of hydrogen-bond acceptors (Lipinski definition) is 3. The average Bonchev–Trinajstić information content (AvgIpc) is 2.87. The summed E-state index contributed by atoms with van der Waals surface area (Å²) in [5.74, 6) is 2.51. The van der Waals surface area contributed by atoms with Crippen LogP contribution in [0.1, 0.15) is 18.1 Å². The van der Waals surface area contributed by atoms with Gasteiger partial charge in [-0.15, -0.1) is 0 Å². The minimum atomic E-state index is 0.486. The highest BCUT2D eigenvalue weighted by Gasteiger charge is 2.18. The van der Waals surface area contributed by atoms with Crippen LogP contribution in [0, 0.1) is 6.07 Å². The second-order valence-corrected chi connectivity index (χ2v) is 7.47. The molecule has 0 N–H and O–H groups in total. The maximum absolute atomic E-state index is 6.54. The largest absolute Gasteiger partial charge is 0.497 e. The van der Waals surface area contributed by atoms with E-state index in [9.17, 15) is 0 Å². The molecule has 0 bridgehead atoms. The molecule has 32 heavy (non-hydrogen) atoms. The van der Waals surface area contributed by atoms with Gasteiger partial charge in [0, 0.05) is 11.1 Å². The Morgan fingerprint density at radius 3 is 1.88 bits per heavy atom. The molecule has 0 saturated heterocycles. The lowest BCUT2D eigenvalue weighted by Gasteiger charge is -2.20. The van der Waals surface area contributed by atoms with E-state index in [0.29, 0.717) is 6.61 Å². The van der Waals surface area contributed by atoms with Crippen LogP contribution in [-0.4, -0.2) is 14.2 Å². The number of ether oxygens (including phenoxy) is 3. The van der Waals surface area contributed by atoms with Crippen LogP contribution in [0.3, 0.4) is 0 Å². The highest BCUT2D eigenvalue weighted by Crippen LogP contribution is 2.42. The van der Waals surface area contributed by atoms with E-state index < -0.39 is 0 Å². The Hall–Kier alpha value is -3.72. The van der Waals surface area contributed by atoms with Crippen molar-refractivity contribution in [3.8, 4) is 39.5 Å². The van der Waals surface area contributed by atoms with Crippen molar-refractivity contribution in [2.45, 2.75) is 20.0 Å². The Kier molecular flexibility index (Phi) is 6.76. The van der Waals surface area contributed by atoms with E-state index in [-0.39, 0.29) is 0 Å². The van der Waals surface area contributed by atoms with Crippen molar-refractivity contribution in [3.05, 3.63) is 102 Å². The van der Waals surface area contributed by atoms with Crippen LogP contribution >= 0.6 is 0 Å². The molecule has 4 aromatic rings. The first-order valence-corrected chi connectivity index (χ1v) is 10.8. The van der Waals surface area contributed by atoms with E-state index in [1.807, 2.05) is 48.5 Å². The first kappa shape index (κ1) is 21.5. The maximum atomic E-state index is 6.54. The van der Waals surface area contributed by atoms with Crippen molar-refractivity contribution in [1.29, 1.82) is 0 Å². The third-order valence-corrected chi connectivity index (χ3v) is 5.52. The number of hydrogen-bond donors (Lipinski definition) is 0. The zero-order chi connectivity index (χ0) is 22.3. The number of benzene rings is 4. The van der Waals surface area contributed by atoms with Gasteiger partial charge in [-0.25, -0.2) is 0 Å². The van der Waals surface area contributed by atoms with Crippen LogP contribution in [0.4, 0.5) is 0 Å².